The topological polar surface area (TPSA) is 0 Å². The molecule has 0 aromatic rings. The second-order valence-electron chi connectivity index (χ2n) is 2.42. The van der Waals surface area contributed by atoms with Crippen LogP contribution in [0.2, 0.25) is 0 Å². The molecule has 0 nitrogen and oxygen atoms in total. The zero-order valence-corrected chi connectivity index (χ0v) is 7.91. The maximum atomic E-state index is 2.30. The van der Waals surface area contributed by atoms with Crippen LogP contribution in [0.5, 0.6) is 0 Å². The van der Waals surface area contributed by atoms with Gasteiger partial charge in [-0.1, -0.05) is 31.9 Å². The summed E-state index contributed by atoms with van der Waals surface area (Å²) in [5.41, 5.74) is 0. The number of rotatable bonds is 6. The van der Waals surface area contributed by atoms with Crippen LogP contribution in [0.15, 0.2) is 12.2 Å². The molecule has 0 fully saturated rings. The second kappa shape index (κ2) is 9.09. The largest absolute Gasteiger partial charge is 0.161 e. The summed E-state index contributed by atoms with van der Waals surface area (Å²) in [5, 5.41) is 0. The van der Waals surface area contributed by atoms with E-state index in [9.17, 15) is 0 Å². The molecule has 0 rings (SSSR count). The number of thioether (sulfide) groups is 1. The summed E-state index contributed by atoms with van der Waals surface area (Å²) in [6, 6.07) is 0. The molecule has 10 heavy (non-hydrogen) atoms. The zero-order chi connectivity index (χ0) is 7.66. The molecule has 0 spiro atoms. The van der Waals surface area contributed by atoms with Crippen LogP contribution in [0, 0.1) is 0 Å². The van der Waals surface area contributed by atoms with Gasteiger partial charge in [-0.3, -0.25) is 0 Å². The van der Waals surface area contributed by atoms with Crippen molar-refractivity contribution in [3.63, 3.8) is 0 Å². The molecule has 0 unspecified atom stereocenters. The first-order valence-corrected chi connectivity index (χ1v) is 5.45. The van der Waals surface area contributed by atoms with Gasteiger partial charge in [0.05, 0.1) is 0 Å². The lowest BCUT2D eigenvalue weighted by Gasteiger charge is -1.90. The van der Waals surface area contributed by atoms with Crippen molar-refractivity contribution in [1.29, 1.82) is 0 Å². The highest BCUT2D eigenvalue weighted by Gasteiger charge is 1.80. The van der Waals surface area contributed by atoms with Gasteiger partial charge in [0.25, 0.3) is 0 Å². The molecule has 0 aliphatic rings. The van der Waals surface area contributed by atoms with E-state index in [1.807, 2.05) is 11.8 Å². The summed E-state index contributed by atoms with van der Waals surface area (Å²) in [4.78, 5) is 0. The van der Waals surface area contributed by atoms with Crippen molar-refractivity contribution in [2.24, 2.45) is 0 Å². The van der Waals surface area contributed by atoms with Gasteiger partial charge in [0.15, 0.2) is 0 Å². The molecular formula is C9H18S. The molecule has 0 atom stereocenters. The molecule has 0 aliphatic carbocycles. The van der Waals surface area contributed by atoms with Crippen molar-refractivity contribution in [2.75, 3.05) is 12.0 Å². The molecule has 0 bridgehead atoms. The first-order valence-electron chi connectivity index (χ1n) is 4.05. The van der Waals surface area contributed by atoms with Gasteiger partial charge in [-0.05, 0) is 19.1 Å². The normalized spacial score (nSPS) is 11.0. The van der Waals surface area contributed by atoms with Crippen LogP contribution in [-0.4, -0.2) is 12.0 Å². The van der Waals surface area contributed by atoms with Crippen LogP contribution in [-0.2, 0) is 0 Å². The zero-order valence-electron chi connectivity index (χ0n) is 7.10. The Labute approximate surface area is 69.1 Å². The summed E-state index contributed by atoms with van der Waals surface area (Å²) in [7, 11) is 0. The minimum absolute atomic E-state index is 1.17. The minimum Gasteiger partial charge on any atom is -0.161 e. The summed E-state index contributed by atoms with van der Waals surface area (Å²) in [6.45, 7) is 2.24. The smallest absolute Gasteiger partial charge is 0.0110 e. The van der Waals surface area contributed by atoms with Gasteiger partial charge in [-0.15, -0.1) is 0 Å². The van der Waals surface area contributed by atoms with Gasteiger partial charge < -0.3 is 0 Å². The fraction of sp³-hybridized carbons (Fsp3) is 0.778. The van der Waals surface area contributed by atoms with E-state index in [2.05, 4.69) is 25.3 Å². The molecule has 0 saturated carbocycles. The monoisotopic (exact) mass is 158 g/mol. The molecule has 0 aromatic heterocycles. The van der Waals surface area contributed by atoms with Crippen molar-refractivity contribution in [3.8, 4) is 0 Å². The third-order valence-electron chi connectivity index (χ3n) is 1.40. The number of allylic oxidation sites excluding steroid dienone is 1. The van der Waals surface area contributed by atoms with Crippen LogP contribution < -0.4 is 0 Å². The molecule has 60 valence electrons. The second-order valence-corrected chi connectivity index (χ2v) is 3.33. The van der Waals surface area contributed by atoms with Gasteiger partial charge in [0.2, 0.25) is 0 Å². The van der Waals surface area contributed by atoms with Gasteiger partial charge in [-0.25, -0.2) is 0 Å². The van der Waals surface area contributed by atoms with Gasteiger partial charge in [-0.2, -0.15) is 11.8 Å². The molecule has 0 saturated heterocycles. The van der Waals surface area contributed by atoms with Crippen molar-refractivity contribution >= 4 is 11.8 Å². The fourth-order valence-corrected chi connectivity index (χ4v) is 1.12. The van der Waals surface area contributed by atoms with E-state index >= 15 is 0 Å². The lowest BCUT2D eigenvalue weighted by molar-refractivity contribution is 0.729. The van der Waals surface area contributed by atoms with Gasteiger partial charge in [0, 0.05) is 5.75 Å². The van der Waals surface area contributed by atoms with Crippen LogP contribution in [0.1, 0.15) is 32.6 Å². The summed E-state index contributed by atoms with van der Waals surface area (Å²) >= 11 is 1.88. The Morgan fingerprint density at radius 3 is 2.60 bits per heavy atom. The van der Waals surface area contributed by atoms with E-state index in [1.54, 1.807) is 0 Å². The van der Waals surface area contributed by atoms with E-state index in [4.69, 9.17) is 0 Å². The first-order chi connectivity index (χ1) is 4.91. The van der Waals surface area contributed by atoms with E-state index in [0.29, 0.717) is 0 Å². The Morgan fingerprint density at radius 2 is 2.00 bits per heavy atom. The molecule has 0 amide bonds. The number of unbranched alkanes of at least 4 members (excludes halogenated alkanes) is 3. The molecule has 0 aromatic carbocycles. The maximum absolute atomic E-state index is 2.30. The predicted molar refractivity (Wildman–Crippen MR) is 51.7 cm³/mol. The third kappa shape index (κ3) is 8.09. The Bertz CT molecular complexity index is 76.8. The maximum Gasteiger partial charge on any atom is 0.0110 e. The van der Waals surface area contributed by atoms with Gasteiger partial charge >= 0.3 is 0 Å². The molecule has 0 N–H and O–H groups in total. The molecule has 0 aliphatic heterocycles. The van der Waals surface area contributed by atoms with Crippen LogP contribution in [0.25, 0.3) is 0 Å². The first kappa shape index (κ1) is 10.1. The Hall–Kier alpha value is 0.0900. The fourth-order valence-electron chi connectivity index (χ4n) is 0.794. The van der Waals surface area contributed by atoms with E-state index in [-0.39, 0.29) is 0 Å². The predicted octanol–water partition coefficient (Wildman–Crippen LogP) is 3.49. The minimum atomic E-state index is 1.17. The number of hydrogen-bond acceptors (Lipinski definition) is 1. The van der Waals surface area contributed by atoms with Crippen molar-refractivity contribution < 1.29 is 0 Å². The molecular weight excluding hydrogens is 140 g/mol. The number of hydrogen-bond donors (Lipinski definition) is 0. The standard InChI is InChI=1S/C9H18S/c1-3-4-5-6-7-8-9-10-2/h7-8H,3-6,9H2,1-2H3. The molecule has 1 heteroatoms. The molecule has 0 heterocycles. The third-order valence-corrected chi connectivity index (χ3v) is 1.93. The Morgan fingerprint density at radius 1 is 1.20 bits per heavy atom. The van der Waals surface area contributed by atoms with E-state index in [1.165, 1.54) is 31.4 Å². The Balaban J connectivity index is 2.88. The van der Waals surface area contributed by atoms with Crippen molar-refractivity contribution in [1.82, 2.24) is 0 Å². The van der Waals surface area contributed by atoms with E-state index in [0.717, 1.165) is 0 Å². The highest BCUT2D eigenvalue weighted by molar-refractivity contribution is 7.98. The molecule has 0 radical (unpaired) electrons. The summed E-state index contributed by atoms with van der Waals surface area (Å²) in [6.07, 6.45) is 12.0. The van der Waals surface area contributed by atoms with Crippen molar-refractivity contribution in [3.05, 3.63) is 12.2 Å². The lowest BCUT2D eigenvalue weighted by Crippen LogP contribution is -1.71. The average Bonchev–Trinajstić information content (AvgIpc) is 1.97. The van der Waals surface area contributed by atoms with E-state index < -0.39 is 0 Å². The summed E-state index contributed by atoms with van der Waals surface area (Å²) in [5.74, 6) is 1.17. The summed E-state index contributed by atoms with van der Waals surface area (Å²) < 4.78 is 0. The highest BCUT2D eigenvalue weighted by Crippen LogP contribution is 2.00. The van der Waals surface area contributed by atoms with Crippen LogP contribution in [0.4, 0.5) is 0 Å². The van der Waals surface area contributed by atoms with Crippen LogP contribution in [0.3, 0.4) is 0 Å². The quantitative estimate of drug-likeness (QED) is 0.421. The highest BCUT2D eigenvalue weighted by atomic mass is 32.2. The average molecular weight is 158 g/mol. The Kier molecular flexibility index (Phi) is 9.17. The lowest BCUT2D eigenvalue weighted by atomic mass is 10.2. The van der Waals surface area contributed by atoms with Gasteiger partial charge in [0.1, 0.15) is 0 Å². The van der Waals surface area contributed by atoms with Crippen LogP contribution >= 0.6 is 11.8 Å². The SMILES string of the molecule is CCCCCC=CCSC. The van der Waals surface area contributed by atoms with Crippen molar-refractivity contribution in [2.45, 2.75) is 32.6 Å².